The Labute approximate surface area is 146 Å². The zero-order valence-electron chi connectivity index (χ0n) is 15.7. The summed E-state index contributed by atoms with van der Waals surface area (Å²) in [5.41, 5.74) is 0. The lowest BCUT2D eigenvalue weighted by Gasteiger charge is -2.35. The number of ether oxygens (including phenoxy) is 1. The van der Waals surface area contributed by atoms with Crippen molar-refractivity contribution in [2.45, 2.75) is 40.2 Å². The molecule has 24 heavy (non-hydrogen) atoms. The van der Waals surface area contributed by atoms with Gasteiger partial charge in [0.15, 0.2) is 5.96 Å². The molecule has 0 radical (unpaired) electrons. The zero-order chi connectivity index (χ0) is 17.8. The number of likely N-dealkylation sites (N-methyl/N-ethyl adjacent to an activating group) is 1. The van der Waals surface area contributed by atoms with Crippen LogP contribution in [0.5, 0.6) is 0 Å². The van der Waals surface area contributed by atoms with Crippen LogP contribution >= 0.6 is 0 Å². The average Bonchev–Trinajstić information content (AvgIpc) is 2.57. The molecule has 0 spiro atoms. The first kappa shape index (κ1) is 20.7. The smallest absolute Gasteiger partial charge is 0.241 e. The molecule has 1 saturated heterocycles. The van der Waals surface area contributed by atoms with Crippen molar-refractivity contribution in [3.63, 3.8) is 0 Å². The van der Waals surface area contributed by atoms with Crippen LogP contribution in [-0.4, -0.2) is 75.3 Å². The third kappa shape index (κ3) is 8.49. The van der Waals surface area contributed by atoms with Gasteiger partial charge in [-0.15, -0.1) is 0 Å². The third-order valence-corrected chi connectivity index (χ3v) is 3.91. The molecular formula is C17H35N5O2. The summed E-state index contributed by atoms with van der Waals surface area (Å²) in [7, 11) is 0. The highest BCUT2D eigenvalue weighted by Gasteiger charge is 2.22. The Hall–Kier alpha value is -1.34. The standard InChI is InChI=1S/C17H35N5O2/c1-5-18-16(23)13-21-17(19-6-2)20-12-15(11-14(3)4)22-7-9-24-10-8-22/h14-15H,5-13H2,1-4H3,(H,18,23)(H2,19,20,21). The summed E-state index contributed by atoms with van der Waals surface area (Å²) in [6.07, 6.45) is 1.13. The van der Waals surface area contributed by atoms with Crippen molar-refractivity contribution in [3.8, 4) is 0 Å². The van der Waals surface area contributed by atoms with Crippen LogP contribution < -0.4 is 16.0 Å². The van der Waals surface area contributed by atoms with Crippen LogP contribution in [0.4, 0.5) is 0 Å². The molecule has 1 fully saturated rings. The molecule has 1 heterocycles. The molecule has 0 aromatic carbocycles. The molecule has 1 atom stereocenters. The summed E-state index contributed by atoms with van der Waals surface area (Å²) in [5.74, 6) is 1.28. The van der Waals surface area contributed by atoms with E-state index in [2.05, 4.69) is 39.7 Å². The normalized spacial score (nSPS) is 17.6. The first-order chi connectivity index (χ1) is 11.6. The van der Waals surface area contributed by atoms with Gasteiger partial charge in [-0.3, -0.25) is 9.69 Å². The molecule has 7 nitrogen and oxygen atoms in total. The minimum absolute atomic E-state index is 0.0541. The fraction of sp³-hybridized carbons (Fsp3) is 0.882. The van der Waals surface area contributed by atoms with Crippen LogP contribution in [0.25, 0.3) is 0 Å². The molecule has 1 aliphatic heterocycles. The number of rotatable bonds is 9. The Morgan fingerprint density at radius 3 is 2.38 bits per heavy atom. The van der Waals surface area contributed by atoms with Crippen molar-refractivity contribution in [3.05, 3.63) is 0 Å². The molecule has 0 aromatic rings. The van der Waals surface area contributed by atoms with Gasteiger partial charge in [0.2, 0.25) is 5.91 Å². The van der Waals surface area contributed by atoms with Gasteiger partial charge in [-0.2, -0.15) is 0 Å². The van der Waals surface area contributed by atoms with E-state index in [1.807, 2.05) is 13.8 Å². The highest BCUT2D eigenvalue weighted by molar-refractivity contribution is 5.84. The lowest BCUT2D eigenvalue weighted by atomic mass is 10.0. The van der Waals surface area contributed by atoms with Gasteiger partial charge in [0.25, 0.3) is 0 Å². The SMILES string of the molecule is CCNC(=O)CN=C(NCC)NCC(CC(C)C)N1CCOCC1. The van der Waals surface area contributed by atoms with Crippen molar-refractivity contribution >= 4 is 11.9 Å². The largest absolute Gasteiger partial charge is 0.379 e. The molecule has 0 bridgehead atoms. The second kappa shape index (κ2) is 12.1. The molecule has 0 aliphatic carbocycles. The zero-order valence-corrected chi connectivity index (χ0v) is 15.7. The number of nitrogens with one attached hydrogen (secondary N) is 3. The number of amides is 1. The first-order valence-corrected chi connectivity index (χ1v) is 9.17. The number of aliphatic imine (C=N–C) groups is 1. The summed E-state index contributed by atoms with van der Waals surface area (Å²) in [6.45, 7) is 14.4. The van der Waals surface area contributed by atoms with Gasteiger partial charge in [-0.1, -0.05) is 13.8 Å². The van der Waals surface area contributed by atoms with Crippen molar-refractivity contribution in [2.24, 2.45) is 10.9 Å². The molecular weight excluding hydrogens is 306 g/mol. The van der Waals surface area contributed by atoms with E-state index in [0.29, 0.717) is 24.5 Å². The average molecular weight is 342 g/mol. The third-order valence-electron chi connectivity index (χ3n) is 3.91. The summed E-state index contributed by atoms with van der Waals surface area (Å²) >= 11 is 0. The number of carbonyl (C=O) groups excluding carboxylic acids is 1. The minimum atomic E-state index is -0.0541. The molecule has 7 heteroatoms. The van der Waals surface area contributed by atoms with Gasteiger partial charge in [0.1, 0.15) is 6.54 Å². The first-order valence-electron chi connectivity index (χ1n) is 9.17. The summed E-state index contributed by atoms with van der Waals surface area (Å²) in [6, 6.07) is 0.447. The van der Waals surface area contributed by atoms with Crippen LogP contribution in [0, 0.1) is 5.92 Å². The minimum Gasteiger partial charge on any atom is -0.379 e. The highest BCUT2D eigenvalue weighted by atomic mass is 16.5. The molecule has 1 amide bonds. The quantitative estimate of drug-likeness (QED) is 0.419. The number of carbonyl (C=O) groups is 1. The van der Waals surface area contributed by atoms with Crippen LogP contribution in [-0.2, 0) is 9.53 Å². The van der Waals surface area contributed by atoms with E-state index >= 15 is 0 Å². The van der Waals surface area contributed by atoms with Gasteiger partial charge in [0.05, 0.1) is 13.2 Å². The monoisotopic (exact) mass is 341 g/mol. The highest BCUT2D eigenvalue weighted by Crippen LogP contribution is 2.12. The van der Waals surface area contributed by atoms with E-state index in [9.17, 15) is 4.79 Å². The summed E-state index contributed by atoms with van der Waals surface area (Å²) in [5, 5.41) is 9.37. The van der Waals surface area contributed by atoms with E-state index in [1.54, 1.807) is 0 Å². The molecule has 0 aromatic heterocycles. The topological polar surface area (TPSA) is 78.0 Å². The lowest BCUT2D eigenvalue weighted by Crippen LogP contribution is -2.51. The van der Waals surface area contributed by atoms with Crippen LogP contribution in [0.3, 0.4) is 0 Å². The van der Waals surface area contributed by atoms with Gasteiger partial charge in [0, 0.05) is 38.8 Å². The van der Waals surface area contributed by atoms with E-state index in [0.717, 1.165) is 45.8 Å². The predicted octanol–water partition coefficient (Wildman–Crippen LogP) is 0.425. The van der Waals surface area contributed by atoms with Gasteiger partial charge in [-0.25, -0.2) is 4.99 Å². The molecule has 1 aliphatic rings. The molecule has 1 unspecified atom stereocenters. The van der Waals surface area contributed by atoms with E-state index in [1.165, 1.54) is 0 Å². The summed E-state index contributed by atoms with van der Waals surface area (Å²) < 4.78 is 5.46. The van der Waals surface area contributed by atoms with E-state index < -0.39 is 0 Å². The van der Waals surface area contributed by atoms with E-state index in [-0.39, 0.29) is 12.5 Å². The van der Waals surface area contributed by atoms with Crippen molar-refractivity contribution in [1.82, 2.24) is 20.9 Å². The maximum Gasteiger partial charge on any atom is 0.241 e. The Morgan fingerprint density at radius 2 is 1.79 bits per heavy atom. The second-order valence-electron chi connectivity index (χ2n) is 6.46. The summed E-state index contributed by atoms with van der Waals surface area (Å²) in [4.78, 5) is 18.4. The van der Waals surface area contributed by atoms with Crippen LogP contribution in [0.2, 0.25) is 0 Å². The number of hydrogen-bond acceptors (Lipinski definition) is 4. The maximum absolute atomic E-state index is 11.6. The van der Waals surface area contributed by atoms with Gasteiger partial charge in [-0.05, 0) is 26.2 Å². The Kier molecular flexibility index (Phi) is 10.4. The van der Waals surface area contributed by atoms with E-state index in [4.69, 9.17) is 4.74 Å². The Bertz CT molecular complexity index is 381. The lowest BCUT2D eigenvalue weighted by molar-refractivity contribution is -0.119. The van der Waals surface area contributed by atoms with Crippen molar-refractivity contribution in [1.29, 1.82) is 0 Å². The van der Waals surface area contributed by atoms with Crippen LogP contribution in [0.1, 0.15) is 34.1 Å². The Morgan fingerprint density at radius 1 is 1.12 bits per heavy atom. The molecule has 1 rings (SSSR count). The number of morpholine rings is 1. The van der Waals surface area contributed by atoms with Gasteiger partial charge >= 0.3 is 0 Å². The number of guanidine groups is 1. The number of nitrogens with zero attached hydrogens (tertiary/aromatic N) is 2. The Balaban J connectivity index is 2.58. The second-order valence-corrected chi connectivity index (χ2v) is 6.46. The maximum atomic E-state index is 11.6. The number of hydrogen-bond donors (Lipinski definition) is 3. The molecule has 3 N–H and O–H groups in total. The van der Waals surface area contributed by atoms with Crippen molar-refractivity contribution in [2.75, 3.05) is 52.5 Å². The fourth-order valence-corrected chi connectivity index (χ4v) is 2.81. The predicted molar refractivity (Wildman–Crippen MR) is 98.3 cm³/mol. The van der Waals surface area contributed by atoms with Crippen molar-refractivity contribution < 1.29 is 9.53 Å². The van der Waals surface area contributed by atoms with Crippen LogP contribution in [0.15, 0.2) is 4.99 Å². The molecule has 0 saturated carbocycles. The fourth-order valence-electron chi connectivity index (χ4n) is 2.81. The van der Waals surface area contributed by atoms with Gasteiger partial charge < -0.3 is 20.7 Å². The molecule has 140 valence electrons.